The fraction of sp³-hybridized carbons (Fsp3) is 0.500. The molecule has 1 nitrogen and oxygen atoms in total. The largest absolute Gasteiger partial charge is 0.303 e. The zero-order valence-electron chi connectivity index (χ0n) is 9.11. The van der Waals surface area contributed by atoms with Gasteiger partial charge in [0.1, 0.15) is 6.29 Å². The van der Waals surface area contributed by atoms with Crippen LogP contribution in [0.5, 0.6) is 0 Å². The van der Waals surface area contributed by atoms with Crippen LogP contribution in [0.4, 0.5) is 0 Å². The van der Waals surface area contributed by atoms with Crippen molar-refractivity contribution in [1.29, 1.82) is 0 Å². The number of hydrogen-bond donors (Lipinski definition) is 0. The zero-order chi connectivity index (χ0) is 10.6. The van der Waals surface area contributed by atoms with Crippen LogP contribution in [0.1, 0.15) is 44.1 Å². The topological polar surface area (TPSA) is 17.1 Å². The molecule has 1 saturated carbocycles. The first kappa shape index (κ1) is 10.4. The van der Waals surface area contributed by atoms with Gasteiger partial charge in [0.25, 0.3) is 0 Å². The Balaban J connectivity index is 2.22. The molecule has 1 aromatic carbocycles. The van der Waals surface area contributed by atoms with E-state index in [2.05, 4.69) is 30.3 Å². The number of aldehydes is 1. The molecule has 0 amide bonds. The van der Waals surface area contributed by atoms with Crippen LogP contribution in [0.25, 0.3) is 0 Å². The molecule has 15 heavy (non-hydrogen) atoms. The van der Waals surface area contributed by atoms with E-state index in [0.717, 1.165) is 12.7 Å². The molecule has 0 bridgehead atoms. The molecule has 80 valence electrons. The van der Waals surface area contributed by atoms with Crippen LogP contribution in [0, 0.1) is 0 Å². The zero-order valence-corrected chi connectivity index (χ0v) is 9.11. The lowest BCUT2D eigenvalue weighted by Gasteiger charge is -2.29. The SMILES string of the molecule is O=CCCC1(c2ccccc2)CCCC1. The second kappa shape index (κ2) is 4.61. The van der Waals surface area contributed by atoms with E-state index >= 15 is 0 Å². The van der Waals surface area contributed by atoms with Crippen LogP contribution in [-0.2, 0) is 10.2 Å². The van der Waals surface area contributed by atoms with Crippen LogP contribution in [-0.4, -0.2) is 6.29 Å². The van der Waals surface area contributed by atoms with Gasteiger partial charge in [-0.05, 0) is 30.2 Å². The summed E-state index contributed by atoms with van der Waals surface area (Å²) in [4.78, 5) is 10.5. The van der Waals surface area contributed by atoms with Crippen LogP contribution in [0.15, 0.2) is 30.3 Å². The summed E-state index contributed by atoms with van der Waals surface area (Å²) in [7, 11) is 0. The van der Waals surface area contributed by atoms with E-state index in [-0.39, 0.29) is 0 Å². The minimum atomic E-state index is 0.308. The van der Waals surface area contributed by atoms with Gasteiger partial charge in [0.05, 0.1) is 0 Å². The van der Waals surface area contributed by atoms with Gasteiger partial charge in [-0.25, -0.2) is 0 Å². The van der Waals surface area contributed by atoms with Crippen molar-refractivity contribution in [2.24, 2.45) is 0 Å². The van der Waals surface area contributed by atoms with E-state index in [1.165, 1.54) is 31.2 Å². The molecule has 1 aliphatic rings. The fourth-order valence-corrected chi connectivity index (χ4v) is 2.86. The molecule has 0 unspecified atom stereocenters. The normalized spacial score (nSPS) is 18.9. The van der Waals surface area contributed by atoms with Gasteiger partial charge in [-0.2, -0.15) is 0 Å². The fourth-order valence-electron chi connectivity index (χ4n) is 2.86. The maximum Gasteiger partial charge on any atom is 0.120 e. The van der Waals surface area contributed by atoms with Gasteiger partial charge < -0.3 is 4.79 Å². The molecule has 0 spiro atoms. The molecule has 1 aromatic rings. The van der Waals surface area contributed by atoms with Gasteiger partial charge in [0.15, 0.2) is 0 Å². The summed E-state index contributed by atoms with van der Waals surface area (Å²) in [5.74, 6) is 0. The van der Waals surface area contributed by atoms with Gasteiger partial charge in [0, 0.05) is 6.42 Å². The molecule has 0 radical (unpaired) electrons. The Morgan fingerprint density at radius 2 is 1.80 bits per heavy atom. The molecule has 0 heterocycles. The van der Waals surface area contributed by atoms with E-state index in [1.807, 2.05) is 0 Å². The van der Waals surface area contributed by atoms with Crippen LogP contribution < -0.4 is 0 Å². The standard InChI is InChI=1S/C14H18O/c15-12-6-11-14(9-4-5-10-14)13-7-2-1-3-8-13/h1-3,7-8,12H,4-6,9-11H2. The van der Waals surface area contributed by atoms with Crippen molar-refractivity contribution < 1.29 is 4.79 Å². The molecule has 1 heteroatoms. The lowest BCUT2D eigenvalue weighted by molar-refractivity contribution is -0.108. The minimum Gasteiger partial charge on any atom is -0.303 e. The average Bonchev–Trinajstić information content (AvgIpc) is 2.78. The smallest absolute Gasteiger partial charge is 0.120 e. The van der Waals surface area contributed by atoms with Gasteiger partial charge in [-0.1, -0.05) is 43.2 Å². The lowest BCUT2D eigenvalue weighted by Crippen LogP contribution is -2.21. The van der Waals surface area contributed by atoms with E-state index < -0.39 is 0 Å². The van der Waals surface area contributed by atoms with Gasteiger partial charge >= 0.3 is 0 Å². The summed E-state index contributed by atoms with van der Waals surface area (Å²) in [6.45, 7) is 0. The van der Waals surface area contributed by atoms with Gasteiger partial charge in [-0.15, -0.1) is 0 Å². The first-order chi connectivity index (χ1) is 7.37. The van der Waals surface area contributed by atoms with E-state index in [9.17, 15) is 4.79 Å². The highest BCUT2D eigenvalue weighted by Crippen LogP contribution is 2.44. The summed E-state index contributed by atoms with van der Waals surface area (Å²) in [5.41, 5.74) is 1.74. The monoisotopic (exact) mass is 202 g/mol. The van der Waals surface area contributed by atoms with E-state index in [1.54, 1.807) is 0 Å². The Bertz CT molecular complexity index is 309. The number of benzene rings is 1. The first-order valence-electron chi connectivity index (χ1n) is 5.87. The first-order valence-corrected chi connectivity index (χ1v) is 5.87. The van der Waals surface area contributed by atoms with E-state index in [4.69, 9.17) is 0 Å². The van der Waals surface area contributed by atoms with Crippen LogP contribution in [0.3, 0.4) is 0 Å². The van der Waals surface area contributed by atoms with Gasteiger partial charge in [0.2, 0.25) is 0 Å². The highest BCUT2D eigenvalue weighted by molar-refractivity contribution is 5.49. The molecule has 1 fully saturated rings. The molecular weight excluding hydrogens is 184 g/mol. The third kappa shape index (κ3) is 2.11. The molecule has 0 aliphatic heterocycles. The van der Waals surface area contributed by atoms with Crippen molar-refractivity contribution in [1.82, 2.24) is 0 Å². The molecule has 2 rings (SSSR count). The van der Waals surface area contributed by atoms with E-state index in [0.29, 0.717) is 11.8 Å². The number of hydrogen-bond acceptors (Lipinski definition) is 1. The maximum absolute atomic E-state index is 10.5. The van der Waals surface area contributed by atoms with Crippen molar-refractivity contribution in [2.45, 2.75) is 43.9 Å². The number of rotatable bonds is 4. The second-order valence-corrected chi connectivity index (χ2v) is 4.56. The third-order valence-electron chi connectivity index (χ3n) is 3.69. The van der Waals surface area contributed by atoms with Crippen LogP contribution in [0.2, 0.25) is 0 Å². The van der Waals surface area contributed by atoms with Crippen molar-refractivity contribution >= 4 is 6.29 Å². The third-order valence-corrected chi connectivity index (χ3v) is 3.69. The Morgan fingerprint density at radius 1 is 1.13 bits per heavy atom. The summed E-state index contributed by atoms with van der Waals surface area (Å²) in [5, 5.41) is 0. The Morgan fingerprint density at radius 3 is 2.40 bits per heavy atom. The van der Waals surface area contributed by atoms with Crippen molar-refractivity contribution in [3.8, 4) is 0 Å². The lowest BCUT2D eigenvalue weighted by atomic mass is 9.75. The number of carbonyl (C=O) groups is 1. The highest BCUT2D eigenvalue weighted by atomic mass is 16.1. The predicted octanol–water partition coefficient (Wildman–Crippen LogP) is 3.48. The van der Waals surface area contributed by atoms with Crippen molar-refractivity contribution in [2.75, 3.05) is 0 Å². The van der Waals surface area contributed by atoms with Gasteiger partial charge in [-0.3, -0.25) is 0 Å². The van der Waals surface area contributed by atoms with Crippen molar-refractivity contribution in [3.05, 3.63) is 35.9 Å². The summed E-state index contributed by atoms with van der Waals surface area (Å²) >= 11 is 0. The van der Waals surface area contributed by atoms with Crippen molar-refractivity contribution in [3.63, 3.8) is 0 Å². The summed E-state index contributed by atoms with van der Waals surface area (Å²) in [6, 6.07) is 10.7. The Kier molecular flexibility index (Phi) is 3.20. The molecule has 0 aromatic heterocycles. The summed E-state index contributed by atoms with van der Waals surface area (Å²) in [6.07, 6.45) is 7.93. The predicted molar refractivity (Wildman–Crippen MR) is 61.9 cm³/mol. The average molecular weight is 202 g/mol. The number of carbonyl (C=O) groups excluding carboxylic acids is 1. The Hall–Kier alpha value is -1.11. The highest BCUT2D eigenvalue weighted by Gasteiger charge is 2.34. The quantitative estimate of drug-likeness (QED) is 0.683. The molecule has 0 N–H and O–H groups in total. The molecular formula is C14H18O. The molecule has 0 saturated heterocycles. The minimum absolute atomic E-state index is 0.308. The second-order valence-electron chi connectivity index (χ2n) is 4.56. The van der Waals surface area contributed by atoms with Crippen LogP contribution >= 0.6 is 0 Å². The molecule has 1 aliphatic carbocycles. The summed E-state index contributed by atoms with van der Waals surface area (Å²) < 4.78 is 0. The Labute approximate surface area is 91.5 Å². The maximum atomic E-state index is 10.5. The molecule has 0 atom stereocenters.